The second-order valence-electron chi connectivity index (χ2n) is 8.16. The molecule has 2 aliphatic rings. The highest BCUT2D eigenvalue weighted by atomic mass is 16.6. The van der Waals surface area contributed by atoms with E-state index in [0.29, 0.717) is 12.0 Å². The lowest BCUT2D eigenvalue weighted by Crippen LogP contribution is -2.48. The monoisotopic (exact) mass is 369 g/mol. The number of ether oxygens (including phenoxy) is 2. The van der Waals surface area contributed by atoms with Crippen molar-refractivity contribution in [2.24, 2.45) is 5.73 Å². The van der Waals surface area contributed by atoms with Gasteiger partial charge in [-0.25, -0.2) is 15.0 Å². The van der Waals surface area contributed by atoms with Gasteiger partial charge < -0.3 is 15.2 Å². The molecular weight excluding hydrogens is 346 g/mol. The summed E-state index contributed by atoms with van der Waals surface area (Å²) in [5, 5.41) is 0.939. The zero-order chi connectivity index (χ0) is 19.6. The lowest BCUT2D eigenvalue weighted by Gasteiger charge is -2.36. The average molecular weight is 369 g/mol. The van der Waals surface area contributed by atoms with Gasteiger partial charge in [0.15, 0.2) is 5.60 Å². The van der Waals surface area contributed by atoms with Crippen LogP contribution in [-0.4, -0.2) is 28.4 Å². The normalized spacial score (nSPS) is 24.1. The lowest BCUT2D eigenvalue weighted by molar-refractivity contribution is -0.149. The summed E-state index contributed by atoms with van der Waals surface area (Å²) in [7, 11) is 0. The van der Waals surface area contributed by atoms with Gasteiger partial charge in [-0.3, -0.25) is 4.68 Å². The molecule has 0 fully saturated rings. The molecule has 1 aliphatic carbocycles. The van der Waals surface area contributed by atoms with Crippen molar-refractivity contribution in [1.29, 1.82) is 0 Å². The van der Waals surface area contributed by atoms with Gasteiger partial charge in [0.1, 0.15) is 5.60 Å². The fraction of sp³-hybridized carbons (Fsp3) is 0.400. The fourth-order valence-corrected chi connectivity index (χ4v) is 3.89. The summed E-state index contributed by atoms with van der Waals surface area (Å²) < 4.78 is 12.7. The predicted octanol–water partition coefficient (Wildman–Crippen LogP) is 2.70. The van der Waals surface area contributed by atoms with E-state index in [4.69, 9.17) is 15.2 Å². The van der Waals surface area contributed by atoms with Crippen molar-refractivity contribution in [3.05, 3.63) is 47.2 Å². The number of hydrogen-bond acceptors (Lipinski definition) is 5. The van der Waals surface area contributed by atoms with E-state index in [1.54, 1.807) is 11.6 Å². The third-order valence-electron chi connectivity index (χ3n) is 4.94. The van der Waals surface area contributed by atoms with Crippen LogP contribution in [0.1, 0.15) is 38.8 Å². The Hall–Kier alpha value is -2.80. The van der Waals surface area contributed by atoms with Crippen molar-refractivity contribution in [1.82, 2.24) is 4.68 Å². The highest BCUT2D eigenvalue weighted by Gasteiger charge is 2.49. The van der Waals surface area contributed by atoms with Gasteiger partial charge in [-0.1, -0.05) is 12.1 Å². The first kappa shape index (κ1) is 17.6. The molecule has 3 N–H and O–H groups in total. The summed E-state index contributed by atoms with van der Waals surface area (Å²) in [6.07, 6.45) is 3.64. The number of nitrogens with two attached hydrogens (primary N) is 1. The van der Waals surface area contributed by atoms with E-state index >= 15 is 0 Å². The van der Waals surface area contributed by atoms with Crippen molar-refractivity contribution in [2.45, 2.75) is 51.4 Å². The first-order chi connectivity index (χ1) is 12.6. The third kappa shape index (κ3) is 2.70. The molecule has 2 atom stereocenters. The zero-order valence-electron chi connectivity index (χ0n) is 15.8. The maximum atomic E-state index is 12.2. The molecule has 27 heavy (non-hydrogen) atoms. The minimum Gasteiger partial charge on any atom is -0.445 e. The number of benzene rings is 1. The maximum Gasteiger partial charge on any atom is 0.426 e. The van der Waals surface area contributed by atoms with Crippen LogP contribution in [0, 0.1) is 0 Å². The number of carbonyl (C=O) groups excluding carboxylic acids is 2. The van der Waals surface area contributed by atoms with Crippen LogP contribution in [0.5, 0.6) is 0 Å². The quantitative estimate of drug-likeness (QED) is 0.754. The van der Waals surface area contributed by atoms with Gasteiger partial charge in [-0.15, -0.1) is 0 Å². The van der Waals surface area contributed by atoms with E-state index in [-0.39, 0.29) is 5.97 Å². The molecule has 1 aliphatic heterocycles. The Morgan fingerprint density at radius 1 is 1.41 bits per heavy atom. The molecule has 1 aromatic heterocycles. The molecule has 4 rings (SSSR count). The van der Waals surface area contributed by atoms with Crippen molar-refractivity contribution in [3.63, 3.8) is 0 Å². The SMILES string of the molecule is CC1=C[C@]2(OC1=O)c1cccc3c1c(cn3NC(=O)OC(C)(C)C)C[C@H]2N. The fourth-order valence-electron chi connectivity index (χ4n) is 3.89. The van der Waals surface area contributed by atoms with E-state index in [9.17, 15) is 9.59 Å². The molecule has 1 spiro atoms. The van der Waals surface area contributed by atoms with Gasteiger partial charge in [0.05, 0.1) is 11.6 Å². The second kappa shape index (κ2) is 5.60. The summed E-state index contributed by atoms with van der Waals surface area (Å²) >= 11 is 0. The van der Waals surface area contributed by atoms with Crippen LogP contribution in [-0.2, 0) is 26.3 Å². The Kier molecular flexibility index (Phi) is 3.65. The van der Waals surface area contributed by atoms with Crippen LogP contribution in [0.25, 0.3) is 10.9 Å². The zero-order valence-corrected chi connectivity index (χ0v) is 15.8. The average Bonchev–Trinajstić information content (AvgIpc) is 3.04. The third-order valence-corrected chi connectivity index (χ3v) is 4.94. The van der Waals surface area contributed by atoms with Crippen molar-refractivity contribution in [3.8, 4) is 0 Å². The van der Waals surface area contributed by atoms with E-state index < -0.39 is 23.3 Å². The van der Waals surface area contributed by atoms with E-state index in [1.807, 2.05) is 51.2 Å². The van der Waals surface area contributed by atoms with E-state index in [0.717, 1.165) is 22.0 Å². The lowest BCUT2D eigenvalue weighted by atomic mass is 9.76. The number of rotatable bonds is 1. The second-order valence-corrected chi connectivity index (χ2v) is 8.16. The number of amides is 1. The van der Waals surface area contributed by atoms with Crippen molar-refractivity contribution in [2.75, 3.05) is 5.43 Å². The van der Waals surface area contributed by atoms with Crippen LogP contribution < -0.4 is 11.2 Å². The molecule has 0 radical (unpaired) electrons. The Balaban J connectivity index is 1.81. The van der Waals surface area contributed by atoms with Crippen LogP contribution >= 0.6 is 0 Å². The molecule has 1 aromatic carbocycles. The summed E-state index contributed by atoms with van der Waals surface area (Å²) in [5.41, 5.74) is 10.8. The Labute approximate surface area is 157 Å². The Morgan fingerprint density at radius 3 is 2.78 bits per heavy atom. The summed E-state index contributed by atoms with van der Waals surface area (Å²) in [5.74, 6) is -0.350. The standard InChI is InChI=1S/C20H23N3O4/c1-11-9-20(26-17(11)24)13-6-5-7-14-16(13)12(8-15(20)21)10-23(14)22-18(25)27-19(2,3)4/h5-7,9-10,15H,8,21H2,1-4H3,(H,22,25)/t15-,20+/m1/s1. The molecule has 0 unspecified atom stereocenters. The highest BCUT2D eigenvalue weighted by molar-refractivity contribution is 5.96. The predicted molar refractivity (Wildman–Crippen MR) is 101 cm³/mol. The van der Waals surface area contributed by atoms with Crippen LogP contribution in [0.15, 0.2) is 36.0 Å². The largest absolute Gasteiger partial charge is 0.445 e. The van der Waals surface area contributed by atoms with Gasteiger partial charge >= 0.3 is 12.1 Å². The molecule has 7 nitrogen and oxygen atoms in total. The molecule has 2 heterocycles. The molecular formula is C20H23N3O4. The summed E-state index contributed by atoms with van der Waals surface area (Å²) in [6, 6.07) is 5.28. The molecule has 0 bridgehead atoms. The maximum absolute atomic E-state index is 12.2. The van der Waals surface area contributed by atoms with Gasteiger partial charge in [0.2, 0.25) is 0 Å². The Bertz CT molecular complexity index is 999. The van der Waals surface area contributed by atoms with E-state index in [2.05, 4.69) is 5.43 Å². The summed E-state index contributed by atoms with van der Waals surface area (Å²) in [4.78, 5) is 24.3. The van der Waals surface area contributed by atoms with Crippen molar-refractivity contribution < 1.29 is 19.1 Å². The van der Waals surface area contributed by atoms with Crippen LogP contribution in [0.2, 0.25) is 0 Å². The number of aromatic nitrogens is 1. The minimum atomic E-state index is -0.966. The number of carbonyl (C=O) groups is 2. The molecule has 7 heteroatoms. The first-order valence-corrected chi connectivity index (χ1v) is 8.92. The number of fused-ring (bicyclic) bond motifs is 1. The van der Waals surface area contributed by atoms with Gasteiger partial charge in [0, 0.05) is 22.7 Å². The molecule has 2 aromatic rings. The molecule has 0 saturated heterocycles. The smallest absolute Gasteiger partial charge is 0.426 e. The van der Waals surface area contributed by atoms with Gasteiger partial charge in [0.25, 0.3) is 0 Å². The molecule has 0 saturated carbocycles. The van der Waals surface area contributed by atoms with Gasteiger partial charge in [-0.05, 0) is 51.8 Å². The van der Waals surface area contributed by atoms with Gasteiger partial charge in [-0.2, -0.15) is 0 Å². The topological polar surface area (TPSA) is 95.6 Å². The van der Waals surface area contributed by atoms with Crippen LogP contribution in [0.4, 0.5) is 4.79 Å². The first-order valence-electron chi connectivity index (χ1n) is 8.92. The number of hydrogen-bond donors (Lipinski definition) is 2. The summed E-state index contributed by atoms with van der Waals surface area (Å²) in [6.45, 7) is 7.16. The number of esters is 1. The highest BCUT2D eigenvalue weighted by Crippen LogP contribution is 2.46. The minimum absolute atomic E-state index is 0.350. The Morgan fingerprint density at radius 2 is 2.15 bits per heavy atom. The number of nitrogens with zero attached hydrogens (tertiary/aromatic N) is 1. The van der Waals surface area contributed by atoms with E-state index in [1.165, 1.54) is 0 Å². The molecule has 142 valence electrons. The van der Waals surface area contributed by atoms with Crippen molar-refractivity contribution >= 4 is 23.0 Å². The van der Waals surface area contributed by atoms with Crippen LogP contribution in [0.3, 0.4) is 0 Å². The molecule has 1 amide bonds. The number of nitrogens with one attached hydrogen (secondary N) is 1.